The topological polar surface area (TPSA) is 47.0 Å². The summed E-state index contributed by atoms with van der Waals surface area (Å²) >= 11 is 17.7. The molecule has 0 saturated carbocycles. The van der Waals surface area contributed by atoms with Gasteiger partial charge in [-0.05, 0) is 18.2 Å². The van der Waals surface area contributed by atoms with Crippen LogP contribution in [0.4, 0.5) is 11.5 Å². The summed E-state index contributed by atoms with van der Waals surface area (Å²) in [7, 11) is 1.57. The molecule has 1 aromatic carbocycles. The van der Waals surface area contributed by atoms with E-state index in [1.807, 2.05) is 0 Å². The van der Waals surface area contributed by atoms with Crippen LogP contribution in [0.25, 0.3) is 0 Å². The van der Waals surface area contributed by atoms with E-state index in [1.54, 1.807) is 31.4 Å². The van der Waals surface area contributed by atoms with Gasteiger partial charge in [-0.15, -0.1) is 0 Å². The van der Waals surface area contributed by atoms with Crippen molar-refractivity contribution >= 4 is 46.3 Å². The van der Waals surface area contributed by atoms with Gasteiger partial charge in [0.05, 0.1) is 10.0 Å². The fourth-order valence-corrected chi connectivity index (χ4v) is 1.94. The summed E-state index contributed by atoms with van der Waals surface area (Å²) in [6.07, 6.45) is 0. The number of anilines is 2. The molecule has 0 unspecified atom stereocenters. The highest BCUT2D eigenvalue weighted by molar-refractivity contribution is 6.42. The maximum atomic E-state index is 5.94. The Balaban J connectivity index is 2.24. The fourth-order valence-electron chi connectivity index (χ4n) is 1.44. The number of benzene rings is 1. The van der Waals surface area contributed by atoms with Crippen molar-refractivity contribution in [3.63, 3.8) is 0 Å². The first kappa shape index (κ1) is 14.3. The van der Waals surface area contributed by atoms with Gasteiger partial charge in [0.15, 0.2) is 5.82 Å². The van der Waals surface area contributed by atoms with Crippen molar-refractivity contribution in [1.29, 1.82) is 0 Å². The van der Waals surface area contributed by atoms with Crippen LogP contribution in [0, 0.1) is 0 Å². The van der Waals surface area contributed by atoms with Gasteiger partial charge in [-0.1, -0.05) is 34.8 Å². The molecular formula is C12H10Cl3N3O. The molecule has 0 aliphatic heterocycles. The molecule has 0 fully saturated rings. The molecule has 100 valence electrons. The fraction of sp³-hybridized carbons (Fsp3) is 0.167. The van der Waals surface area contributed by atoms with Gasteiger partial charge in [-0.25, -0.2) is 9.97 Å². The lowest BCUT2D eigenvalue weighted by atomic mass is 10.3. The third-order valence-corrected chi connectivity index (χ3v) is 3.14. The van der Waals surface area contributed by atoms with Gasteiger partial charge < -0.3 is 10.1 Å². The van der Waals surface area contributed by atoms with Crippen LogP contribution in [-0.2, 0) is 11.3 Å². The van der Waals surface area contributed by atoms with E-state index in [0.717, 1.165) is 5.69 Å². The molecule has 4 nitrogen and oxygen atoms in total. The highest BCUT2D eigenvalue weighted by Gasteiger charge is 2.05. The molecular weight excluding hydrogens is 309 g/mol. The first-order valence-corrected chi connectivity index (χ1v) is 6.46. The first-order chi connectivity index (χ1) is 9.08. The third-order valence-electron chi connectivity index (χ3n) is 2.21. The van der Waals surface area contributed by atoms with Gasteiger partial charge in [-0.3, -0.25) is 0 Å². The number of ether oxygens (including phenoxy) is 1. The predicted octanol–water partition coefficient (Wildman–Crippen LogP) is 4.33. The molecule has 0 saturated heterocycles. The second-order valence-electron chi connectivity index (χ2n) is 3.68. The number of rotatable bonds is 4. The first-order valence-electron chi connectivity index (χ1n) is 5.33. The predicted molar refractivity (Wildman–Crippen MR) is 77.5 cm³/mol. The van der Waals surface area contributed by atoms with E-state index in [4.69, 9.17) is 39.5 Å². The number of aromatic nitrogens is 2. The highest BCUT2D eigenvalue weighted by Crippen LogP contribution is 2.27. The molecule has 1 heterocycles. The summed E-state index contributed by atoms with van der Waals surface area (Å²) in [5, 5.41) is 4.37. The van der Waals surface area contributed by atoms with Gasteiger partial charge in [-0.2, -0.15) is 0 Å². The summed E-state index contributed by atoms with van der Waals surface area (Å²) in [5.41, 5.74) is 0.757. The van der Waals surface area contributed by atoms with Crippen molar-refractivity contribution in [3.05, 3.63) is 45.3 Å². The molecule has 0 amide bonds. The Hall–Kier alpha value is -1.07. The normalized spacial score (nSPS) is 10.5. The Kier molecular flexibility index (Phi) is 4.82. The van der Waals surface area contributed by atoms with Crippen LogP contribution < -0.4 is 5.32 Å². The molecule has 1 aromatic heterocycles. The minimum Gasteiger partial charge on any atom is -0.377 e. The smallest absolute Gasteiger partial charge is 0.158 e. The van der Waals surface area contributed by atoms with Crippen molar-refractivity contribution in [2.45, 2.75) is 6.61 Å². The van der Waals surface area contributed by atoms with Crippen LogP contribution in [0.2, 0.25) is 15.2 Å². The Morgan fingerprint density at radius 3 is 2.58 bits per heavy atom. The van der Waals surface area contributed by atoms with Crippen molar-refractivity contribution < 1.29 is 4.74 Å². The van der Waals surface area contributed by atoms with E-state index in [2.05, 4.69) is 15.3 Å². The van der Waals surface area contributed by atoms with E-state index >= 15 is 0 Å². The molecule has 2 aromatic rings. The number of nitrogens with one attached hydrogen (secondary N) is 1. The summed E-state index contributed by atoms with van der Waals surface area (Å²) in [4.78, 5) is 8.30. The summed E-state index contributed by atoms with van der Waals surface area (Å²) in [6, 6.07) is 6.81. The van der Waals surface area contributed by atoms with Crippen molar-refractivity contribution in [2.75, 3.05) is 12.4 Å². The SMILES string of the molecule is COCc1nc(Cl)cc(Nc2ccc(Cl)c(Cl)c2)n1. The van der Waals surface area contributed by atoms with E-state index in [1.165, 1.54) is 0 Å². The van der Waals surface area contributed by atoms with E-state index in [0.29, 0.717) is 26.8 Å². The number of halogens is 3. The Labute approximate surface area is 125 Å². The van der Waals surface area contributed by atoms with Crippen molar-refractivity contribution in [3.8, 4) is 0 Å². The van der Waals surface area contributed by atoms with Crippen molar-refractivity contribution in [1.82, 2.24) is 9.97 Å². The van der Waals surface area contributed by atoms with Crippen molar-refractivity contribution in [2.24, 2.45) is 0 Å². The lowest BCUT2D eigenvalue weighted by Crippen LogP contribution is -2.01. The van der Waals surface area contributed by atoms with Gasteiger partial charge in [0, 0.05) is 18.9 Å². The minimum atomic E-state index is 0.288. The van der Waals surface area contributed by atoms with Gasteiger partial charge in [0.2, 0.25) is 0 Å². The zero-order valence-electron chi connectivity index (χ0n) is 9.95. The lowest BCUT2D eigenvalue weighted by Gasteiger charge is -2.08. The number of hydrogen-bond acceptors (Lipinski definition) is 4. The van der Waals surface area contributed by atoms with Crippen LogP contribution in [0.5, 0.6) is 0 Å². The zero-order chi connectivity index (χ0) is 13.8. The second kappa shape index (κ2) is 6.39. The number of methoxy groups -OCH3 is 1. The summed E-state index contributed by atoms with van der Waals surface area (Å²) in [6.45, 7) is 0.288. The van der Waals surface area contributed by atoms with Crippen LogP contribution in [-0.4, -0.2) is 17.1 Å². The van der Waals surface area contributed by atoms with Gasteiger partial charge in [0.25, 0.3) is 0 Å². The average Bonchev–Trinajstić information content (AvgIpc) is 2.33. The van der Waals surface area contributed by atoms with Gasteiger partial charge >= 0.3 is 0 Å². The Morgan fingerprint density at radius 2 is 1.89 bits per heavy atom. The molecule has 0 spiro atoms. The van der Waals surface area contributed by atoms with E-state index in [-0.39, 0.29) is 6.61 Å². The zero-order valence-corrected chi connectivity index (χ0v) is 12.2. The molecule has 19 heavy (non-hydrogen) atoms. The summed E-state index contributed by atoms with van der Waals surface area (Å²) < 4.78 is 4.97. The molecule has 0 aliphatic rings. The van der Waals surface area contributed by atoms with Gasteiger partial charge in [0.1, 0.15) is 17.6 Å². The molecule has 7 heteroatoms. The third kappa shape index (κ3) is 3.94. The quantitative estimate of drug-likeness (QED) is 0.853. The molecule has 0 atom stereocenters. The van der Waals surface area contributed by atoms with Crippen LogP contribution in [0.3, 0.4) is 0 Å². The molecule has 1 N–H and O–H groups in total. The maximum Gasteiger partial charge on any atom is 0.158 e. The van der Waals surface area contributed by atoms with Crippen LogP contribution >= 0.6 is 34.8 Å². The van der Waals surface area contributed by atoms with Crippen LogP contribution in [0.1, 0.15) is 5.82 Å². The van der Waals surface area contributed by atoms with E-state index < -0.39 is 0 Å². The summed E-state index contributed by atoms with van der Waals surface area (Å²) in [5.74, 6) is 1.06. The average molecular weight is 319 g/mol. The molecule has 0 bridgehead atoms. The Morgan fingerprint density at radius 1 is 1.11 bits per heavy atom. The van der Waals surface area contributed by atoms with E-state index in [9.17, 15) is 0 Å². The molecule has 2 rings (SSSR count). The Bertz CT molecular complexity index is 592. The minimum absolute atomic E-state index is 0.288. The van der Waals surface area contributed by atoms with Crippen LogP contribution in [0.15, 0.2) is 24.3 Å². The number of hydrogen-bond donors (Lipinski definition) is 1. The molecule has 0 aliphatic carbocycles. The highest BCUT2D eigenvalue weighted by atomic mass is 35.5. The largest absolute Gasteiger partial charge is 0.377 e. The maximum absolute atomic E-state index is 5.94. The monoisotopic (exact) mass is 317 g/mol. The standard InChI is InChI=1S/C12H10Cl3N3O/c1-19-6-12-17-10(15)5-11(18-12)16-7-2-3-8(13)9(14)4-7/h2-5H,6H2,1H3,(H,16,17,18). The molecule has 0 radical (unpaired) electrons. The number of nitrogens with zero attached hydrogens (tertiary/aromatic N) is 2. The lowest BCUT2D eigenvalue weighted by molar-refractivity contribution is 0.178. The second-order valence-corrected chi connectivity index (χ2v) is 4.88.